The number of hydrogen-bond acceptors (Lipinski definition) is 5. The molecule has 2 aromatic rings. The zero-order valence-corrected chi connectivity index (χ0v) is 15.6. The van der Waals surface area contributed by atoms with Crippen LogP contribution in [0.15, 0.2) is 59.7 Å². The number of carbonyl (C=O) groups is 2. The largest absolute Gasteiger partial charge is 0.376 e. The average Bonchev–Trinajstić information content (AvgIpc) is 2.93. The van der Waals surface area contributed by atoms with Crippen LogP contribution in [0.4, 0.5) is 11.4 Å². The molecule has 26 heavy (non-hydrogen) atoms. The van der Waals surface area contributed by atoms with Crippen molar-refractivity contribution >= 4 is 51.7 Å². The molecule has 3 rings (SSSR count). The van der Waals surface area contributed by atoms with Gasteiger partial charge in [-0.1, -0.05) is 47.6 Å². The highest BCUT2D eigenvalue weighted by molar-refractivity contribution is 8.16. The molecule has 0 spiro atoms. The summed E-state index contributed by atoms with van der Waals surface area (Å²) in [4.78, 5) is 25.9. The molecule has 1 fully saturated rings. The number of hydrogen-bond donors (Lipinski definition) is 2. The third kappa shape index (κ3) is 4.36. The highest BCUT2D eigenvalue weighted by Crippen LogP contribution is 2.31. The molecule has 0 saturated carbocycles. The Morgan fingerprint density at radius 2 is 2.00 bits per heavy atom. The third-order valence-corrected chi connectivity index (χ3v) is 4.88. The van der Waals surface area contributed by atoms with E-state index in [-0.39, 0.29) is 23.6 Å². The van der Waals surface area contributed by atoms with Gasteiger partial charge in [-0.3, -0.25) is 14.5 Å². The van der Waals surface area contributed by atoms with Crippen molar-refractivity contribution in [3.8, 4) is 0 Å². The van der Waals surface area contributed by atoms with Crippen molar-refractivity contribution in [2.45, 2.75) is 12.2 Å². The van der Waals surface area contributed by atoms with Gasteiger partial charge in [0.15, 0.2) is 5.17 Å². The molecule has 0 aromatic heterocycles. The van der Waals surface area contributed by atoms with Crippen LogP contribution in [0.5, 0.6) is 0 Å². The van der Waals surface area contributed by atoms with Gasteiger partial charge >= 0.3 is 0 Å². The summed E-state index contributed by atoms with van der Waals surface area (Å²) in [5.41, 5.74) is 3.95. The molecule has 0 aliphatic carbocycles. The molecule has 8 heteroatoms. The van der Waals surface area contributed by atoms with Crippen LogP contribution >= 0.6 is 23.4 Å². The quantitative estimate of drug-likeness (QED) is 0.771. The summed E-state index contributed by atoms with van der Waals surface area (Å²) in [6.45, 7) is 1.85. The lowest BCUT2D eigenvalue weighted by molar-refractivity contribution is -0.119. The standard InChI is InChI=1S/C18H17ClN4O2S/c1-12-17(25)23(15-8-3-2-4-9-15)18(26-12)22-21-16(24)11-20-14-7-5-6-13(19)10-14/h2-10,12,20H,11H2,1H3,(H,21,24)/b22-18+/t12-/m0/s1. The molecule has 6 nitrogen and oxygen atoms in total. The molecule has 1 aliphatic rings. The van der Waals surface area contributed by atoms with E-state index in [2.05, 4.69) is 15.8 Å². The SMILES string of the molecule is C[C@@H]1S/C(=N/NC(=O)CNc2cccc(Cl)c2)N(c2ccccc2)C1=O. The molecule has 1 saturated heterocycles. The first kappa shape index (κ1) is 18.3. The predicted octanol–water partition coefficient (Wildman–Crippen LogP) is 3.31. The van der Waals surface area contributed by atoms with Crippen molar-refractivity contribution in [2.24, 2.45) is 5.10 Å². The fourth-order valence-electron chi connectivity index (χ4n) is 2.36. The van der Waals surface area contributed by atoms with E-state index in [1.54, 1.807) is 18.2 Å². The predicted molar refractivity (Wildman–Crippen MR) is 107 cm³/mol. The van der Waals surface area contributed by atoms with Gasteiger partial charge in [0.1, 0.15) is 0 Å². The Morgan fingerprint density at radius 3 is 2.73 bits per heavy atom. The minimum Gasteiger partial charge on any atom is -0.376 e. The van der Waals surface area contributed by atoms with Gasteiger partial charge in [-0.05, 0) is 37.3 Å². The number of nitrogens with zero attached hydrogens (tertiary/aromatic N) is 2. The van der Waals surface area contributed by atoms with Gasteiger partial charge in [-0.15, -0.1) is 5.10 Å². The van der Waals surface area contributed by atoms with Gasteiger partial charge in [0.05, 0.1) is 17.5 Å². The number of rotatable bonds is 5. The molecule has 0 bridgehead atoms. The van der Waals surface area contributed by atoms with Crippen LogP contribution in [0, 0.1) is 0 Å². The van der Waals surface area contributed by atoms with Crippen LogP contribution in [0.3, 0.4) is 0 Å². The monoisotopic (exact) mass is 388 g/mol. The molecule has 0 radical (unpaired) electrons. The number of nitrogens with one attached hydrogen (secondary N) is 2. The Kier molecular flexibility index (Phi) is 5.80. The molecule has 2 amide bonds. The molecule has 1 heterocycles. The number of thioether (sulfide) groups is 1. The lowest BCUT2D eigenvalue weighted by Gasteiger charge is -2.16. The van der Waals surface area contributed by atoms with E-state index in [1.165, 1.54) is 16.7 Å². The summed E-state index contributed by atoms with van der Waals surface area (Å²) in [6.07, 6.45) is 0. The summed E-state index contributed by atoms with van der Waals surface area (Å²) < 4.78 is 0. The van der Waals surface area contributed by atoms with Crippen LogP contribution in [0.2, 0.25) is 5.02 Å². The van der Waals surface area contributed by atoms with E-state index < -0.39 is 0 Å². The number of carbonyl (C=O) groups excluding carboxylic acids is 2. The van der Waals surface area contributed by atoms with Gasteiger partial charge in [-0.2, -0.15) is 0 Å². The highest BCUT2D eigenvalue weighted by atomic mass is 35.5. The number of amides is 2. The Hall–Kier alpha value is -2.51. The Labute approximate surface area is 160 Å². The van der Waals surface area contributed by atoms with Crippen LogP contribution in [0.1, 0.15) is 6.92 Å². The van der Waals surface area contributed by atoms with Crippen molar-refractivity contribution in [1.29, 1.82) is 0 Å². The van der Waals surface area contributed by atoms with Crippen LogP contribution in [0.25, 0.3) is 0 Å². The fraction of sp³-hybridized carbons (Fsp3) is 0.167. The maximum absolute atomic E-state index is 12.4. The topological polar surface area (TPSA) is 73.8 Å². The van der Waals surface area contributed by atoms with E-state index in [4.69, 9.17) is 11.6 Å². The number of amidine groups is 1. The number of hydrazone groups is 1. The minimum atomic E-state index is -0.321. The third-order valence-electron chi connectivity index (χ3n) is 3.61. The first-order valence-corrected chi connectivity index (χ1v) is 9.22. The summed E-state index contributed by atoms with van der Waals surface area (Å²) in [7, 11) is 0. The second kappa shape index (κ2) is 8.25. The van der Waals surface area contributed by atoms with E-state index >= 15 is 0 Å². The molecule has 134 valence electrons. The van der Waals surface area contributed by atoms with Crippen molar-refractivity contribution < 1.29 is 9.59 Å². The van der Waals surface area contributed by atoms with Crippen LogP contribution in [-0.2, 0) is 9.59 Å². The number of para-hydroxylation sites is 1. The highest BCUT2D eigenvalue weighted by Gasteiger charge is 2.36. The lowest BCUT2D eigenvalue weighted by Crippen LogP contribution is -2.34. The molecule has 1 atom stereocenters. The van der Waals surface area contributed by atoms with Gasteiger partial charge in [0.25, 0.3) is 5.91 Å². The molecular weight excluding hydrogens is 372 g/mol. The van der Waals surface area contributed by atoms with E-state index in [9.17, 15) is 9.59 Å². The van der Waals surface area contributed by atoms with E-state index in [0.717, 1.165) is 11.4 Å². The second-order valence-corrected chi connectivity index (χ2v) is 7.31. The first-order chi connectivity index (χ1) is 12.5. The average molecular weight is 389 g/mol. The Morgan fingerprint density at radius 1 is 1.23 bits per heavy atom. The first-order valence-electron chi connectivity index (χ1n) is 7.96. The van der Waals surface area contributed by atoms with Crippen molar-refractivity contribution in [3.63, 3.8) is 0 Å². The zero-order chi connectivity index (χ0) is 18.5. The van der Waals surface area contributed by atoms with Crippen LogP contribution in [-0.4, -0.2) is 28.8 Å². The molecular formula is C18H17ClN4O2S. The van der Waals surface area contributed by atoms with E-state index in [0.29, 0.717) is 10.2 Å². The van der Waals surface area contributed by atoms with Crippen molar-refractivity contribution in [3.05, 3.63) is 59.6 Å². The summed E-state index contributed by atoms with van der Waals surface area (Å²) in [5, 5.41) is 7.88. The van der Waals surface area contributed by atoms with Gasteiger partial charge < -0.3 is 5.32 Å². The molecule has 0 unspecified atom stereocenters. The molecule has 2 N–H and O–H groups in total. The second-order valence-electron chi connectivity index (χ2n) is 5.56. The zero-order valence-electron chi connectivity index (χ0n) is 14.0. The van der Waals surface area contributed by atoms with Crippen molar-refractivity contribution in [1.82, 2.24) is 5.43 Å². The number of anilines is 2. The van der Waals surface area contributed by atoms with Crippen LogP contribution < -0.4 is 15.6 Å². The fourth-order valence-corrected chi connectivity index (χ4v) is 3.47. The molecule has 2 aromatic carbocycles. The summed E-state index contributed by atoms with van der Waals surface area (Å²) in [5.74, 6) is -0.385. The number of benzene rings is 2. The number of halogens is 1. The normalized spacial score (nSPS) is 18.2. The maximum atomic E-state index is 12.4. The van der Waals surface area contributed by atoms with Gasteiger partial charge in [-0.25, -0.2) is 5.43 Å². The maximum Gasteiger partial charge on any atom is 0.259 e. The summed E-state index contributed by atoms with van der Waals surface area (Å²) in [6, 6.07) is 16.3. The Balaban J connectivity index is 1.64. The van der Waals surface area contributed by atoms with Crippen molar-refractivity contribution in [2.75, 3.05) is 16.8 Å². The van der Waals surface area contributed by atoms with Gasteiger partial charge in [0.2, 0.25) is 5.91 Å². The van der Waals surface area contributed by atoms with E-state index in [1.807, 2.05) is 43.3 Å². The molecule has 1 aliphatic heterocycles. The van der Waals surface area contributed by atoms with Gasteiger partial charge in [0, 0.05) is 10.7 Å². The minimum absolute atomic E-state index is 0.0383. The summed E-state index contributed by atoms with van der Waals surface area (Å²) >= 11 is 7.22. The lowest BCUT2D eigenvalue weighted by atomic mass is 10.3. The smallest absolute Gasteiger partial charge is 0.259 e. The Bertz CT molecular complexity index is 844.